The highest BCUT2D eigenvalue weighted by atomic mass is 16.5. The summed E-state index contributed by atoms with van der Waals surface area (Å²) in [4.78, 5) is 13.5. The molecule has 0 aromatic heterocycles. The van der Waals surface area contributed by atoms with E-state index in [0.717, 1.165) is 50.0 Å². The minimum absolute atomic E-state index is 0.591. The Labute approximate surface area is 166 Å². The van der Waals surface area contributed by atoms with Crippen molar-refractivity contribution in [2.75, 3.05) is 18.0 Å². The fourth-order valence-corrected chi connectivity index (χ4v) is 3.76. The zero-order chi connectivity index (χ0) is 19.2. The molecule has 3 heteroatoms. The van der Waals surface area contributed by atoms with Crippen LogP contribution in [0.15, 0.2) is 72.8 Å². The van der Waals surface area contributed by atoms with Gasteiger partial charge in [-0.2, -0.15) is 0 Å². The smallest absolute Gasteiger partial charge is 0.150 e. The lowest BCUT2D eigenvalue weighted by atomic mass is 9.99. The standard InChI is InChI=1S/C25H25NO2/c27-18-22-10-13-25-23(17-22)7-4-15-26(25)16-14-20-8-11-24(12-9-20)28-19-21-5-2-1-3-6-21/h1-3,5-6,8-13,17-18H,4,7,14-16,19H2. The number of aldehydes is 1. The highest BCUT2D eigenvalue weighted by molar-refractivity contribution is 5.77. The molecule has 0 unspecified atom stereocenters. The Balaban J connectivity index is 1.34. The van der Waals surface area contributed by atoms with E-state index in [9.17, 15) is 4.79 Å². The predicted molar refractivity (Wildman–Crippen MR) is 113 cm³/mol. The second kappa shape index (κ2) is 8.75. The van der Waals surface area contributed by atoms with Gasteiger partial charge in [0.15, 0.2) is 0 Å². The summed E-state index contributed by atoms with van der Waals surface area (Å²) in [6.45, 7) is 2.65. The van der Waals surface area contributed by atoms with Crippen molar-refractivity contribution in [2.45, 2.75) is 25.9 Å². The van der Waals surface area contributed by atoms with Crippen LogP contribution >= 0.6 is 0 Å². The Morgan fingerprint density at radius 2 is 1.75 bits per heavy atom. The average molecular weight is 371 g/mol. The molecule has 0 aliphatic carbocycles. The maximum atomic E-state index is 11.0. The van der Waals surface area contributed by atoms with E-state index in [2.05, 4.69) is 47.4 Å². The van der Waals surface area contributed by atoms with Crippen molar-refractivity contribution in [3.63, 3.8) is 0 Å². The maximum absolute atomic E-state index is 11.0. The molecule has 1 aliphatic rings. The third kappa shape index (κ3) is 4.42. The number of aryl methyl sites for hydroxylation is 1. The van der Waals surface area contributed by atoms with Gasteiger partial charge in [0.2, 0.25) is 0 Å². The number of ether oxygens (including phenoxy) is 1. The van der Waals surface area contributed by atoms with E-state index in [4.69, 9.17) is 4.74 Å². The van der Waals surface area contributed by atoms with E-state index in [1.165, 1.54) is 22.4 Å². The summed E-state index contributed by atoms with van der Waals surface area (Å²) >= 11 is 0. The molecule has 0 saturated carbocycles. The van der Waals surface area contributed by atoms with E-state index < -0.39 is 0 Å². The number of hydrogen-bond acceptors (Lipinski definition) is 3. The first kappa shape index (κ1) is 18.3. The van der Waals surface area contributed by atoms with Crippen LogP contribution in [0.4, 0.5) is 5.69 Å². The summed E-state index contributed by atoms with van der Waals surface area (Å²) in [7, 11) is 0. The van der Waals surface area contributed by atoms with E-state index in [0.29, 0.717) is 6.61 Å². The third-order valence-electron chi connectivity index (χ3n) is 5.30. The summed E-state index contributed by atoms with van der Waals surface area (Å²) in [5.74, 6) is 0.900. The lowest BCUT2D eigenvalue weighted by Crippen LogP contribution is -2.31. The molecule has 0 spiro atoms. The molecule has 28 heavy (non-hydrogen) atoms. The van der Waals surface area contributed by atoms with Gasteiger partial charge >= 0.3 is 0 Å². The molecule has 3 aromatic rings. The number of rotatable bonds is 7. The van der Waals surface area contributed by atoms with E-state index in [-0.39, 0.29) is 0 Å². The topological polar surface area (TPSA) is 29.5 Å². The van der Waals surface area contributed by atoms with Gasteiger partial charge in [-0.15, -0.1) is 0 Å². The number of anilines is 1. The lowest BCUT2D eigenvalue weighted by molar-refractivity contribution is 0.112. The van der Waals surface area contributed by atoms with Crippen molar-refractivity contribution in [2.24, 2.45) is 0 Å². The molecule has 0 radical (unpaired) electrons. The first-order chi connectivity index (χ1) is 13.8. The van der Waals surface area contributed by atoms with Gasteiger partial charge in [-0.3, -0.25) is 4.79 Å². The molecular weight excluding hydrogens is 346 g/mol. The summed E-state index contributed by atoms with van der Waals surface area (Å²) < 4.78 is 5.87. The number of fused-ring (bicyclic) bond motifs is 1. The molecule has 0 N–H and O–H groups in total. The Morgan fingerprint density at radius 3 is 2.54 bits per heavy atom. The Bertz CT molecular complexity index is 919. The average Bonchev–Trinajstić information content (AvgIpc) is 2.77. The summed E-state index contributed by atoms with van der Waals surface area (Å²) in [6, 6.07) is 24.7. The normalized spacial score (nSPS) is 13.1. The van der Waals surface area contributed by atoms with Crippen molar-refractivity contribution in [1.82, 2.24) is 0 Å². The van der Waals surface area contributed by atoms with Gasteiger partial charge in [0.1, 0.15) is 18.6 Å². The molecule has 142 valence electrons. The van der Waals surface area contributed by atoms with Crippen LogP contribution in [0.25, 0.3) is 0 Å². The van der Waals surface area contributed by atoms with Gasteiger partial charge in [0.05, 0.1) is 0 Å². The van der Waals surface area contributed by atoms with Crippen molar-refractivity contribution < 1.29 is 9.53 Å². The van der Waals surface area contributed by atoms with Crippen LogP contribution in [-0.2, 0) is 19.4 Å². The molecule has 1 heterocycles. The molecule has 0 fully saturated rings. The van der Waals surface area contributed by atoms with Crippen LogP contribution in [-0.4, -0.2) is 19.4 Å². The predicted octanol–water partition coefficient (Wildman–Crippen LogP) is 5.07. The van der Waals surface area contributed by atoms with Crippen LogP contribution in [0, 0.1) is 0 Å². The van der Waals surface area contributed by atoms with Gasteiger partial charge in [-0.1, -0.05) is 42.5 Å². The van der Waals surface area contributed by atoms with Gasteiger partial charge in [-0.25, -0.2) is 0 Å². The molecule has 0 amide bonds. The van der Waals surface area contributed by atoms with Gasteiger partial charge in [0, 0.05) is 24.3 Å². The van der Waals surface area contributed by atoms with Crippen LogP contribution in [0.3, 0.4) is 0 Å². The Hall–Kier alpha value is -3.07. The monoisotopic (exact) mass is 371 g/mol. The van der Waals surface area contributed by atoms with E-state index in [1.807, 2.05) is 30.3 Å². The van der Waals surface area contributed by atoms with Crippen LogP contribution in [0.2, 0.25) is 0 Å². The molecule has 0 atom stereocenters. The van der Waals surface area contributed by atoms with Crippen LogP contribution < -0.4 is 9.64 Å². The Kier molecular flexibility index (Phi) is 5.72. The fourth-order valence-electron chi connectivity index (χ4n) is 3.76. The molecule has 3 aromatic carbocycles. The SMILES string of the molecule is O=Cc1ccc2c(c1)CCCN2CCc1ccc(OCc2ccccc2)cc1. The van der Waals surface area contributed by atoms with Crippen LogP contribution in [0.1, 0.15) is 33.5 Å². The summed E-state index contributed by atoms with van der Waals surface area (Å²) in [5.41, 5.74) is 5.82. The molecule has 0 bridgehead atoms. The minimum atomic E-state index is 0.591. The first-order valence-electron chi connectivity index (χ1n) is 9.90. The number of nitrogens with zero attached hydrogens (tertiary/aromatic N) is 1. The highest BCUT2D eigenvalue weighted by Crippen LogP contribution is 2.28. The zero-order valence-corrected chi connectivity index (χ0v) is 16.0. The van der Waals surface area contributed by atoms with Gasteiger partial charge < -0.3 is 9.64 Å². The van der Waals surface area contributed by atoms with Crippen molar-refractivity contribution >= 4 is 12.0 Å². The minimum Gasteiger partial charge on any atom is -0.489 e. The van der Waals surface area contributed by atoms with E-state index in [1.54, 1.807) is 0 Å². The lowest BCUT2D eigenvalue weighted by Gasteiger charge is -2.31. The zero-order valence-electron chi connectivity index (χ0n) is 16.0. The number of benzene rings is 3. The molecule has 1 aliphatic heterocycles. The number of carbonyl (C=O) groups excluding carboxylic acids is 1. The summed E-state index contributed by atoms with van der Waals surface area (Å²) in [6.07, 6.45) is 4.12. The second-order valence-electron chi connectivity index (χ2n) is 7.26. The summed E-state index contributed by atoms with van der Waals surface area (Å²) in [5, 5.41) is 0. The molecule has 4 rings (SSSR count). The Morgan fingerprint density at radius 1 is 0.929 bits per heavy atom. The number of hydrogen-bond donors (Lipinski definition) is 0. The van der Waals surface area contributed by atoms with Crippen LogP contribution in [0.5, 0.6) is 5.75 Å². The molecular formula is C25H25NO2. The second-order valence-corrected chi connectivity index (χ2v) is 7.26. The highest BCUT2D eigenvalue weighted by Gasteiger charge is 2.16. The van der Waals surface area contributed by atoms with Crippen molar-refractivity contribution in [3.8, 4) is 5.75 Å². The van der Waals surface area contributed by atoms with Crippen molar-refractivity contribution in [3.05, 3.63) is 95.1 Å². The largest absolute Gasteiger partial charge is 0.489 e. The van der Waals surface area contributed by atoms with Gasteiger partial charge in [-0.05, 0) is 66.3 Å². The fraction of sp³-hybridized carbons (Fsp3) is 0.240. The van der Waals surface area contributed by atoms with Gasteiger partial charge in [0.25, 0.3) is 0 Å². The van der Waals surface area contributed by atoms with Crippen molar-refractivity contribution in [1.29, 1.82) is 0 Å². The maximum Gasteiger partial charge on any atom is 0.150 e. The molecule has 0 saturated heterocycles. The van der Waals surface area contributed by atoms with E-state index >= 15 is 0 Å². The number of carbonyl (C=O) groups is 1. The quantitative estimate of drug-likeness (QED) is 0.543. The first-order valence-corrected chi connectivity index (χ1v) is 9.90. The molecule has 3 nitrogen and oxygen atoms in total. The third-order valence-corrected chi connectivity index (χ3v) is 5.30.